The van der Waals surface area contributed by atoms with Crippen molar-refractivity contribution in [2.24, 2.45) is 17.3 Å². The Bertz CT molecular complexity index is 1130. The molecule has 2 aliphatic heterocycles. The van der Waals surface area contributed by atoms with Crippen LogP contribution in [0.15, 0.2) is 54.6 Å². The molecule has 1 fully saturated rings. The molecule has 8 nitrogen and oxygen atoms in total. The van der Waals surface area contributed by atoms with E-state index in [-0.39, 0.29) is 36.6 Å². The molecule has 0 radical (unpaired) electrons. The summed E-state index contributed by atoms with van der Waals surface area (Å²) in [6.45, 7) is 5.30. The van der Waals surface area contributed by atoms with Gasteiger partial charge in [0.25, 0.3) is 11.8 Å². The standard InChI is InChI=1S/C29H35N3O5/c1-20(2)19-29(15-18-31(28(29)36)17-14-21-9-4-3-5-10-21)24(25(33)30-37)13-8-16-32-26(34)22-11-6-7-12-23(22)27(32)35/h3-7,9-12,20,24,37H,8,13-19H2,1-2H3,(H,30,33)/t24?,29-/m1/s1. The number of likely N-dealkylation sites (tertiary alicyclic amines) is 1. The van der Waals surface area contributed by atoms with Crippen molar-refractivity contribution in [1.29, 1.82) is 0 Å². The Morgan fingerprint density at radius 2 is 1.59 bits per heavy atom. The lowest BCUT2D eigenvalue weighted by atomic mass is 9.67. The van der Waals surface area contributed by atoms with Crippen LogP contribution in [0.1, 0.15) is 65.8 Å². The lowest BCUT2D eigenvalue weighted by molar-refractivity contribution is -0.150. The van der Waals surface area contributed by atoms with Crippen molar-refractivity contribution in [2.45, 2.75) is 46.0 Å². The lowest BCUT2D eigenvalue weighted by Crippen LogP contribution is -2.47. The predicted molar refractivity (Wildman–Crippen MR) is 138 cm³/mol. The van der Waals surface area contributed by atoms with Crippen LogP contribution in [-0.4, -0.2) is 58.3 Å². The minimum absolute atomic E-state index is 0.0635. The quantitative estimate of drug-likeness (QED) is 0.275. The highest BCUT2D eigenvalue weighted by molar-refractivity contribution is 6.21. The van der Waals surface area contributed by atoms with E-state index in [1.165, 1.54) is 4.90 Å². The number of fused-ring (bicyclic) bond motifs is 1. The molecule has 2 aromatic rings. The smallest absolute Gasteiger partial charge is 0.261 e. The third kappa shape index (κ3) is 5.30. The Morgan fingerprint density at radius 3 is 2.19 bits per heavy atom. The summed E-state index contributed by atoms with van der Waals surface area (Å²) < 4.78 is 0. The SMILES string of the molecule is CC(C)C[C@@]1(C(CCCN2C(=O)c3ccccc3C2=O)C(=O)NO)CCN(CCc2ccccc2)C1=O. The molecular weight excluding hydrogens is 470 g/mol. The zero-order valence-corrected chi connectivity index (χ0v) is 21.5. The number of carbonyl (C=O) groups excluding carboxylic acids is 4. The second-order valence-corrected chi connectivity index (χ2v) is 10.5. The molecule has 0 aromatic heterocycles. The van der Waals surface area contributed by atoms with Gasteiger partial charge < -0.3 is 4.90 Å². The van der Waals surface area contributed by atoms with Crippen molar-refractivity contribution >= 4 is 23.6 Å². The average molecular weight is 506 g/mol. The van der Waals surface area contributed by atoms with E-state index in [0.29, 0.717) is 43.5 Å². The zero-order valence-electron chi connectivity index (χ0n) is 21.5. The highest BCUT2D eigenvalue weighted by atomic mass is 16.5. The first kappa shape index (κ1) is 26.5. The van der Waals surface area contributed by atoms with E-state index < -0.39 is 17.2 Å². The second kappa shape index (κ2) is 11.3. The van der Waals surface area contributed by atoms with Crippen LogP contribution in [0.4, 0.5) is 0 Å². The Hall–Kier alpha value is -3.52. The van der Waals surface area contributed by atoms with Crippen LogP contribution in [0.25, 0.3) is 0 Å². The summed E-state index contributed by atoms with van der Waals surface area (Å²) >= 11 is 0. The fourth-order valence-corrected chi connectivity index (χ4v) is 6.00. The summed E-state index contributed by atoms with van der Waals surface area (Å²) in [6, 6.07) is 16.7. The van der Waals surface area contributed by atoms with Gasteiger partial charge in [-0.1, -0.05) is 56.3 Å². The fourth-order valence-electron chi connectivity index (χ4n) is 6.00. The predicted octanol–water partition coefficient (Wildman–Crippen LogP) is 3.69. The summed E-state index contributed by atoms with van der Waals surface area (Å²) in [6.07, 6.45) is 2.37. The molecule has 2 aromatic carbocycles. The number of nitrogens with one attached hydrogen (secondary N) is 1. The summed E-state index contributed by atoms with van der Waals surface area (Å²) in [5.41, 5.74) is 2.75. The van der Waals surface area contributed by atoms with Gasteiger partial charge >= 0.3 is 0 Å². The van der Waals surface area contributed by atoms with Crippen LogP contribution in [-0.2, 0) is 16.0 Å². The van der Waals surface area contributed by atoms with Gasteiger partial charge in [0, 0.05) is 19.6 Å². The third-order valence-electron chi connectivity index (χ3n) is 7.67. The molecule has 0 saturated carbocycles. The van der Waals surface area contributed by atoms with Crippen molar-refractivity contribution in [3.8, 4) is 0 Å². The van der Waals surface area contributed by atoms with Crippen molar-refractivity contribution in [3.63, 3.8) is 0 Å². The first-order valence-corrected chi connectivity index (χ1v) is 13.0. The molecular formula is C29H35N3O5. The number of nitrogens with zero attached hydrogens (tertiary/aromatic N) is 2. The van der Waals surface area contributed by atoms with Gasteiger partial charge in [-0.25, -0.2) is 5.48 Å². The molecule has 8 heteroatoms. The summed E-state index contributed by atoms with van der Waals surface area (Å²) in [7, 11) is 0. The number of hydrogen-bond acceptors (Lipinski definition) is 5. The van der Waals surface area contributed by atoms with Gasteiger partial charge in [-0.2, -0.15) is 0 Å². The molecule has 4 rings (SSSR count). The lowest BCUT2D eigenvalue weighted by Gasteiger charge is -2.36. The molecule has 4 amide bonds. The van der Waals surface area contributed by atoms with E-state index in [1.807, 2.05) is 49.1 Å². The Kier molecular flexibility index (Phi) is 8.07. The van der Waals surface area contributed by atoms with E-state index in [0.717, 1.165) is 12.0 Å². The number of hydroxylamine groups is 1. The summed E-state index contributed by atoms with van der Waals surface area (Å²) in [5.74, 6) is -1.96. The number of benzene rings is 2. The van der Waals surface area contributed by atoms with Crippen LogP contribution in [0, 0.1) is 17.3 Å². The monoisotopic (exact) mass is 505 g/mol. The molecule has 37 heavy (non-hydrogen) atoms. The van der Waals surface area contributed by atoms with E-state index in [2.05, 4.69) is 0 Å². The van der Waals surface area contributed by atoms with Gasteiger partial charge in [-0.3, -0.25) is 29.3 Å². The van der Waals surface area contributed by atoms with Gasteiger partial charge in [0.1, 0.15) is 0 Å². The maximum Gasteiger partial charge on any atom is 0.261 e. The number of carbonyl (C=O) groups is 4. The topological polar surface area (TPSA) is 107 Å². The van der Waals surface area contributed by atoms with Crippen molar-refractivity contribution < 1.29 is 24.4 Å². The highest BCUT2D eigenvalue weighted by Gasteiger charge is 2.54. The van der Waals surface area contributed by atoms with Crippen LogP contribution in [0.3, 0.4) is 0 Å². The molecule has 2 aliphatic rings. The van der Waals surface area contributed by atoms with Gasteiger partial charge in [-0.15, -0.1) is 0 Å². The van der Waals surface area contributed by atoms with Crippen LogP contribution in [0.2, 0.25) is 0 Å². The first-order valence-electron chi connectivity index (χ1n) is 13.0. The molecule has 1 unspecified atom stereocenters. The Morgan fingerprint density at radius 1 is 0.973 bits per heavy atom. The fraction of sp³-hybridized carbons (Fsp3) is 0.448. The zero-order chi connectivity index (χ0) is 26.6. The molecule has 1 saturated heterocycles. The number of hydrogen-bond donors (Lipinski definition) is 2. The normalized spacial score (nSPS) is 20.1. The van der Waals surface area contributed by atoms with Crippen molar-refractivity contribution in [3.05, 3.63) is 71.3 Å². The van der Waals surface area contributed by atoms with E-state index >= 15 is 0 Å². The molecule has 0 aliphatic carbocycles. The average Bonchev–Trinajstić information content (AvgIpc) is 3.34. The van der Waals surface area contributed by atoms with Crippen LogP contribution in [0.5, 0.6) is 0 Å². The van der Waals surface area contributed by atoms with Crippen molar-refractivity contribution in [1.82, 2.24) is 15.3 Å². The summed E-state index contributed by atoms with van der Waals surface area (Å²) in [4.78, 5) is 55.4. The third-order valence-corrected chi connectivity index (χ3v) is 7.67. The highest BCUT2D eigenvalue weighted by Crippen LogP contribution is 2.46. The first-order chi connectivity index (χ1) is 17.8. The Labute approximate surface area is 217 Å². The van der Waals surface area contributed by atoms with Gasteiger partial charge in [0.15, 0.2) is 0 Å². The molecule has 0 bridgehead atoms. The van der Waals surface area contributed by atoms with Crippen molar-refractivity contribution in [2.75, 3.05) is 19.6 Å². The number of amides is 4. The van der Waals surface area contributed by atoms with E-state index in [4.69, 9.17) is 0 Å². The number of imide groups is 1. The van der Waals surface area contributed by atoms with Crippen LogP contribution < -0.4 is 5.48 Å². The van der Waals surface area contributed by atoms with E-state index in [1.54, 1.807) is 29.7 Å². The molecule has 0 spiro atoms. The minimum Gasteiger partial charge on any atom is -0.342 e. The van der Waals surface area contributed by atoms with Gasteiger partial charge in [0.05, 0.1) is 22.5 Å². The molecule has 196 valence electrons. The van der Waals surface area contributed by atoms with E-state index in [9.17, 15) is 24.4 Å². The minimum atomic E-state index is -0.945. The van der Waals surface area contributed by atoms with Crippen LogP contribution >= 0.6 is 0 Å². The van der Waals surface area contributed by atoms with Gasteiger partial charge in [-0.05, 0) is 55.7 Å². The molecule has 2 atom stereocenters. The number of rotatable bonds is 11. The maximum absolute atomic E-state index is 13.9. The molecule has 2 N–H and O–H groups in total. The molecule has 2 heterocycles. The Balaban J connectivity index is 1.49. The maximum atomic E-state index is 13.9. The van der Waals surface area contributed by atoms with Gasteiger partial charge in [0.2, 0.25) is 11.8 Å². The largest absolute Gasteiger partial charge is 0.342 e. The summed E-state index contributed by atoms with van der Waals surface area (Å²) in [5, 5.41) is 9.59. The second-order valence-electron chi connectivity index (χ2n) is 10.5.